The molecule has 0 amide bonds. The first-order valence-corrected chi connectivity index (χ1v) is 8.16. The second kappa shape index (κ2) is 8.78. The molecule has 0 spiro atoms. The summed E-state index contributed by atoms with van der Waals surface area (Å²) in [6, 6.07) is 7.31. The van der Waals surface area contributed by atoms with Gasteiger partial charge in [-0.3, -0.25) is 0 Å². The standard InChI is InChI=1S/C13H21NO5S/c1-2-7-18-12-3-5-13(6-4-12)19-9-8-17-10-11-20(14,15)16/h3-6H,2,7-11H2,1H3,(H2,14,15,16). The minimum absolute atomic E-state index is 0.0754. The number of sulfonamides is 1. The second-order valence-corrected chi connectivity index (χ2v) is 5.88. The van der Waals surface area contributed by atoms with Gasteiger partial charge in [-0.1, -0.05) is 6.92 Å². The lowest BCUT2D eigenvalue weighted by Gasteiger charge is -2.08. The predicted octanol–water partition coefficient (Wildman–Crippen LogP) is 1.16. The molecule has 1 aromatic carbocycles. The Labute approximate surface area is 119 Å². The third-order valence-corrected chi connectivity index (χ3v) is 3.04. The van der Waals surface area contributed by atoms with Crippen LogP contribution in [0.2, 0.25) is 0 Å². The van der Waals surface area contributed by atoms with E-state index in [0.717, 1.165) is 12.2 Å². The lowest BCUT2D eigenvalue weighted by molar-refractivity contribution is 0.111. The minimum Gasteiger partial charge on any atom is -0.494 e. The van der Waals surface area contributed by atoms with Crippen LogP contribution in [0.15, 0.2) is 24.3 Å². The van der Waals surface area contributed by atoms with Gasteiger partial charge in [-0.25, -0.2) is 13.6 Å². The summed E-state index contributed by atoms with van der Waals surface area (Å²) in [5.74, 6) is 1.34. The summed E-state index contributed by atoms with van der Waals surface area (Å²) in [6.07, 6.45) is 0.966. The largest absolute Gasteiger partial charge is 0.494 e. The molecule has 0 fully saturated rings. The van der Waals surface area contributed by atoms with E-state index in [0.29, 0.717) is 25.6 Å². The van der Waals surface area contributed by atoms with E-state index in [1.165, 1.54) is 0 Å². The van der Waals surface area contributed by atoms with Crippen LogP contribution in [0.25, 0.3) is 0 Å². The van der Waals surface area contributed by atoms with Gasteiger partial charge in [-0.15, -0.1) is 0 Å². The number of benzene rings is 1. The average molecular weight is 303 g/mol. The molecule has 1 aromatic rings. The topological polar surface area (TPSA) is 87.8 Å². The van der Waals surface area contributed by atoms with Crippen LogP contribution in [0.1, 0.15) is 13.3 Å². The fraction of sp³-hybridized carbons (Fsp3) is 0.538. The monoisotopic (exact) mass is 303 g/mol. The van der Waals surface area contributed by atoms with Crippen LogP contribution in [-0.4, -0.2) is 40.6 Å². The fourth-order valence-corrected chi connectivity index (χ4v) is 1.70. The predicted molar refractivity (Wildman–Crippen MR) is 76.5 cm³/mol. The molecule has 0 bridgehead atoms. The number of ether oxygens (including phenoxy) is 3. The number of hydrogen-bond acceptors (Lipinski definition) is 5. The van der Waals surface area contributed by atoms with Crippen LogP contribution in [0, 0.1) is 0 Å². The molecule has 0 aliphatic carbocycles. The van der Waals surface area contributed by atoms with E-state index >= 15 is 0 Å². The number of nitrogens with two attached hydrogens (primary N) is 1. The van der Waals surface area contributed by atoms with Gasteiger partial charge in [0.25, 0.3) is 0 Å². The van der Waals surface area contributed by atoms with Crippen LogP contribution in [-0.2, 0) is 14.8 Å². The Hall–Kier alpha value is -1.31. The molecule has 0 aromatic heterocycles. The highest BCUT2D eigenvalue weighted by molar-refractivity contribution is 7.89. The lowest BCUT2D eigenvalue weighted by Crippen LogP contribution is -2.21. The first-order valence-electron chi connectivity index (χ1n) is 6.45. The van der Waals surface area contributed by atoms with Crippen molar-refractivity contribution in [3.05, 3.63) is 24.3 Å². The van der Waals surface area contributed by atoms with Gasteiger partial charge in [0, 0.05) is 0 Å². The summed E-state index contributed by atoms with van der Waals surface area (Å²) in [4.78, 5) is 0. The minimum atomic E-state index is -3.46. The van der Waals surface area contributed by atoms with Crippen LogP contribution in [0.3, 0.4) is 0 Å². The molecule has 0 aliphatic rings. The third-order valence-electron chi connectivity index (χ3n) is 2.31. The van der Waals surface area contributed by atoms with Crippen molar-refractivity contribution >= 4 is 10.0 Å². The quantitative estimate of drug-likeness (QED) is 0.655. The molecule has 20 heavy (non-hydrogen) atoms. The summed E-state index contributed by atoms with van der Waals surface area (Å²) in [5.41, 5.74) is 0. The molecule has 0 saturated carbocycles. The highest BCUT2D eigenvalue weighted by atomic mass is 32.2. The van der Waals surface area contributed by atoms with Crippen molar-refractivity contribution in [1.29, 1.82) is 0 Å². The molecule has 0 saturated heterocycles. The van der Waals surface area contributed by atoms with Crippen LogP contribution in [0.4, 0.5) is 0 Å². The molecular formula is C13H21NO5S. The van der Waals surface area contributed by atoms with Gasteiger partial charge in [-0.05, 0) is 30.7 Å². The zero-order valence-electron chi connectivity index (χ0n) is 11.6. The molecule has 114 valence electrons. The maximum absolute atomic E-state index is 10.6. The second-order valence-electron chi connectivity index (χ2n) is 4.15. The van der Waals surface area contributed by atoms with E-state index in [1.54, 1.807) is 0 Å². The molecule has 6 nitrogen and oxygen atoms in total. The third kappa shape index (κ3) is 7.98. The molecule has 0 aliphatic heterocycles. The van der Waals surface area contributed by atoms with Crippen molar-refractivity contribution in [3.63, 3.8) is 0 Å². The molecular weight excluding hydrogens is 282 g/mol. The Morgan fingerprint density at radius 1 is 0.950 bits per heavy atom. The first-order chi connectivity index (χ1) is 9.51. The summed E-state index contributed by atoms with van der Waals surface area (Å²) in [6.45, 7) is 3.47. The maximum atomic E-state index is 10.6. The van der Waals surface area contributed by atoms with Crippen molar-refractivity contribution in [2.75, 3.05) is 32.2 Å². The normalized spacial score (nSPS) is 11.3. The molecule has 0 radical (unpaired) electrons. The van der Waals surface area contributed by atoms with E-state index < -0.39 is 10.0 Å². The smallest absolute Gasteiger partial charge is 0.211 e. The highest BCUT2D eigenvalue weighted by Gasteiger charge is 2.01. The average Bonchev–Trinajstić information content (AvgIpc) is 2.40. The Kier molecular flexibility index (Phi) is 7.35. The number of primary sulfonamides is 1. The molecule has 2 N–H and O–H groups in total. The highest BCUT2D eigenvalue weighted by Crippen LogP contribution is 2.17. The van der Waals surface area contributed by atoms with E-state index in [2.05, 4.69) is 0 Å². The fourth-order valence-electron chi connectivity index (χ4n) is 1.35. The van der Waals surface area contributed by atoms with Crippen LogP contribution in [0.5, 0.6) is 11.5 Å². The van der Waals surface area contributed by atoms with Crippen molar-refractivity contribution in [3.8, 4) is 11.5 Å². The van der Waals surface area contributed by atoms with E-state index in [9.17, 15) is 8.42 Å². The lowest BCUT2D eigenvalue weighted by atomic mass is 10.3. The van der Waals surface area contributed by atoms with Crippen molar-refractivity contribution in [1.82, 2.24) is 0 Å². The summed E-state index contributed by atoms with van der Waals surface area (Å²) in [7, 11) is -3.46. The number of rotatable bonds is 10. The van der Waals surface area contributed by atoms with Crippen molar-refractivity contribution < 1.29 is 22.6 Å². The number of hydrogen-bond donors (Lipinski definition) is 1. The van der Waals surface area contributed by atoms with Crippen molar-refractivity contribution in [2.45, 2.75) is 13.3 Å². The van der Waals surface area contributed by atoms with E-state index in [-0.39, 0.29) is 12.4 Å². The van der Waals surface area contributed by atoms with Gasteiger partial charge < -0.3 is 14.2 Å². The van der Waals surface area contributed by atoms with Gasteiger partial charge in [0.15, 0.2) is 0 Å². The molecule has 1 rings (SSSR count). The van der Waals surface area contributed by atoms with Crippen LogP contribution >= 0.6 is 0 Å². The Morgan fingerprint density at radius 3 is 2.00 bits per heavy atom. The van der Waals surface area contributed by atoms with Gasteiger partial charge in [-0.2, -0.15) is 0 Å². The summed E-state index contributed by atoms with van der Waals surface area (Å²) < 4.78 is 37.3. The van der Waals surface area contributed by atoms with Crippen LogP contribution < -0.4 is 14.6 Å². The summed E-state index contributed by atoms with van der Waals surface area (Å²) in [5, 5.41) is 4.84. The zero-order chi connectivity index (χ0) is 14.8. The van der Waals surface area contributed by atoms with Gasteiger partial charge in [0.1, 0.15) is 18.1 Å². The first kappa shape index (κ1) is 16.7. The zero-order valence-corrected chi connectivity index (χ0v) is 12.4. The van der Waals surface area contributed by atoms with Crippen molar-refractivity contribution in [2.24, 2.45) is 5.14 Å². The molecule has 0 heterocycles. The Morgan fingerprint density at radius 2 is 1.50 bits per heavy atom. The maximum Gasteiger partial charge on any atom is 0.211 e. The molecule has 0 atom stereocenters. The van der Waals surface area contributed by atoms with E-state index in [1.807, 2.05) is 31.2 Å². The van der Waals surface area contributed by atoms with Gasteiger partial charge >= 0.3 is 0 Å². The van der Waals surface area contributed by atoms with E-state index in [4.69, 9.17) is 19.3 Å². The molecule has 7 heteroatoms. The molecule has 0 unspecified atom stereocenters. The Bertz CT molecular complexity index is 472. The summed E-state index contributed by atoms with van der Waals surface area (Å²) >= 11 is 0. The van der Waals surface area contributed by atoms with Gasteiger partial charge in [0.2, 0.25) is 10.0 Å². The Balaban J connectivity index is 2.16. The van der Waals surface area contributed by atoms with Gasteiger partial charge in [0.05, 0.1) is 25.6 Å². The SMILES string of the molecule is CCCOc1ccc(OCCOCCS(N)(=O)=O)cc1.